The average molecular weight is 332 g/mol. The van der Waals surface area contributed by atoms with Crippen molar-refractivity contribution in [2.75, 3.05) is 18.0 Å². The highest BCUT2D eigenvalue weighted by molar-refractivity contribution is 7.19. The predicted octanol–water partition coefficient (Wildman–Crippen LogP) is 2.89. The van der Waals surface area contributed by atoms with E-state index in [0.717, 1.165) is 45.7 Å². The number of nitrogens with zero attached hydrogens (tertiary/aromatic N) is 3. The number of ether oxygens (including phenoxy) is 1. The van der Waals surface area contributed by atoms with Crippen LogP contribution in [0.3, 0.4) is 0 Å². The fourth-order valence-corrected chi connectivity index (χ4v) is 4.24. The highest BCUT2D eigenvalue weighted by Gasteiger charge is 2.25. The summed E-state index contributed by atoms with van der Waals surface area (Å²) < 4.78 is 5.82. The smallest absolute Gasteiger partial charge is 0.186 e. The summed E-state index contributed by atoms with van der Waals surface area (Å²) in [5, 5.41) is 1.04. The van der Waals surface area contributed by atoms with Crippen molar-refractivity contribution in [3.05, 3.63) is 29.2 Å². The van der Waals surface area contributed by atoms with Gasteiger partial charge in [0.1, 0.15) is 0 Å². The molecule has 0 aliphatic carbocycles. The molecule has 23 heavy (non-hydrogen) atoms. The van der Waals surface area contributed by atoms with Gasteiger partial charge in [0.05, 0.1) is 22.8 Å². The molecule has 3 heterocycles. The van der Waals surface area contributed by atoms with E-state index in [9.17, 15) is 0 Å². The van der Waals surface area contributed by atoms with Crippen LogP contribution in [0, 0.1) is 13.8 Å². The third-order valence-corrected chi connectivity index (χ3v) is 5.12. The maximum Gasteiger partial charge on any atom is 0.186 e. The van der Waals surface area contributed by atoms with E-state index in [1.165, 1.54) is 0 Å². The lowest BCUT2D eigenvalue weighted by Gasteiger charge is -2.35. The van der Waals surface area contributed by atoms with Gasteiger partial charge in [0.2, 0.25) is 0 Å². The molecule has 0 saturated carbocycles. The molecule has 6 heteroatoms. The number of nitrogens with two attached hydrogens (primary N) is 1. The van der Waals surface area contributed by atoms with Gasteiger partial charge in [-0.1, -0.05) is 11.3 Å². The van der Waals surface area contributed by atoms with E-state index >= 15 is 0 Å². The number of aryl methyl sites for hydroxylation is 2. The van der Waals surface area contributed by atoms with Crippen molar-refractivity contribution in [2.24, 2.45) is 5.73 Å². The van der Waals surface area contributed by atoms with Gasteiger partial charge in [0, 0.05) is 31.0 Å². The summed E-state index contributed by atoms with van der Waals surface area (Å²) in [5.41, 5.74) is 10.1. The summed E-state index contributed by atoms with van der Waals surface area (Å²) in [5.74, 6) is 0. The number of rotatable bonds is 3. The van der Waals surface area contributed by atoms with Crippen LogP contribution < -0.4 is 10.6 Å². The fourth-order valence-electron chi connectivity index (χ4n) is 3.14. The van der Waals surface area contributed by atoms with Crippen LogP contribution in [0.1, 0.15) is 30.9 Å². The Morgan fingerprint density at radius 2 is 1.78 bits per heavy atom. The van der Waals surface area contributed by atoms with E-state index in [1.807, 2.05) is 13.8 Å². The first-order valence-electron chi connectivity index (χ1n) is 8.02. The van der Waals surface area contributed by atoms with Gasteiger partial charge in [-0.15, -0.1) is 0 Å². The van der Waals surface area contributed by atoms with Crippen LogP contribution >= 0.6 is 11.3 Å². The molecule has 2 N–H and O–H groups in total. The first kappa shape index (κ1) is 16.4. The molecule has 2 atom stereocenters. The zero-order valence-electron chi connectivity index (χ0n) is 14.2. The van der Waals surface area contributed by atoms with Crippen molar-refractivity contribution in [2.45, 2.75) is 46.4 Å². The second-order valence-electron chi connectivity index (χ2n) is 6.28. The summed E-state index contributed by atoms with van der Waals surface area (Å²) in [7, 11) is 0. The van der Waals surface area contributed by atoms with Gasteiger partial charge in [-0.2, -0.15) is 0 Å². The summed E-state index contributed by atoms with van der Waals surface area (Å²) in [4.78, 5) is 12.7. The Hall–Kier alpha value is -1.50. The number of hydrogen-bond acceptors (Lipinski definition) is 6. The molecule has 0 unspecified atom stereocenters. The van der Waals surface area contributed by atoms with Crippen molar-refractivity contribution < 1.29 is 4.74 Å². The number of thiazole rings is 1. The highest BCUT2D eigenvalue weighted by Crippen LogP contribution is 2.36. The monoisotopic (exact) mass is 332 g/mol. The number of morpholine rings is 1. The first-order chi connectivity index (χ1) is 11.0. The van der Waals surface area contributed by atoms with E-state index in [-0.39, 0.29) is 12.2 Å². The second-order valence-corrected chi connectivity index (χ2v) is 7.25. The average Bonchev–Trinajstić information content (AvgIpc) is 2.89. The van der Waals surface area contributed by atoms with Crippen molar-refractivity contribution in [1.82, 2.24) is 9.97 Å². The standard InChI is InChI=1S/C17H24N4OS/c1-10-5-14(6-11(2)19-10)16-15(7-18)20-17(23-16)21-8-12(3)22-13(4)9-21/h5-6,12-13H,7-9,18H2,1-4H3/t12-,13+. The van der Waals surface area contributed by atoms with Crippen molar-refractivity contribution in [3.63, 3.8) is 0 Å². The molecule has 0 radical (unpaired) electrons. The molecule has 0 spiro atoms. The molecule has 1 saturated heterocycles. The van der Waals surface area contributed by atoms with Crippen LogP contribution in [0.15, 0.2) is 12.1 Å². The third kappa shape index (κ3) is 3.54. The lowest BCUT2D eigenvalue weighted by Crippen LogP contribution is -2.45. The molecule has 5 nitrogen and oxygen atoms in total. The van der Waals surface area contributed by atoms with E-state index in [4.69, 9.17) is 15.5 Å². The molecule has 3 rings (SSSR count). The van der Waals surface area contributed by atoms with Gasteiger partial charge in [-0.05, 0) is 45.4 Å². The van der Waals surface area contributed by atoms with E-state index in [2.05, 4.69) is 35.9 Å². The SMILES string of the molecule is Cc1cc(-c2sc(N3C[C@@H](C)O[C@@H](C)C3)nc2CN)cc(C)n1. The molecule has 1 aliphatic rings. The Bertz CT molecular complexity index is 670. The van der Waals surface area contributed by atoms with E-state index in [0.29, 0.717) is 6.54 Å². The summed E-state index contributed by atoms with van der Waals surface area (Å²) >= 11 is 1.72. The molecule has 2 aromatic rings. The zero-order chi connectivity index (χ0) is 16.6. The Morgan fingerprint density at radius 1 is 1.17 bits per heavy atom. The minimum Gasteiger partial charge on any atom is -0.372 e. The van der Waals surface area contributed by atoms with Gasteiger partial charge in [-0.3, -0.25) is 4.98 Å². The normalized spacial score (nSPS) is 21.7. The van der Waals surface area contributed by atoms with Crippen LogP contribution in [0.2, 0.25) is 0 Å². The number of anilines is 1. The van der Waals surface area contributed by atoms with E-state index < -0.39 is 0 Å². The van der Waals surface area contributed by atoms with Crippen molar-refractivity contribution >= 4 is 16.5 Å². The molecule has 0 amide bonds. The number of aromatic nitrogens is 2. The maximum absolute atomic E-state index is 5.95. The van der Waals surface area contributed by atoms with Crippen molar-refractivity contribution in [1.29, 1.82) is 0 Å². The Labute approximate surface area is 141 Å². The highest BCUT2D eigenvalue weighted by atomic mass is 32.1. The van der Waals surface area contributed by atoms with Crippen LogP contribution in [-0.2, 0) is 11.3 Å². The Balaban J connectivity index is 1.97. The van der Waals surface area contributed by atoms with Crippen LogP contribution in [0.25, 0.3) is 10.4 Å². The molecular formula is C17H24N4OS. The van der Waals surface area contributed by atoms with E-state index in [1.54, 1.807) is 11.3 Å². The van der Waals surface area contributed by atoms with Gasteiger partial charge in [0.15, 0.2) is 5.13 Å². The molecule has 1 aliphatic heterocycles. The zero-order valence-corrected chi connectivity index (χ0v) is 15.0. The Kier molecular flexibility index (Phi) is 4.66. The predicted molar refractivity (Wildman–Crippen MR) is 94.9 cm³/mol. The Morgan fingerprint density at radius 3 is 2.35 bits per heavy atom. The van der Waals surface area contributed by atoms with Crippen LogP contribution in [0.4, 0.5) is 5.13 Å². The lowest BCUT2D eigenvalue weighted by molar-refractivity contribution is -0.00523. The summed E-state index contributed by atoms with van der Waals surface area (Å²) in [6.45, 7) is 10.4. The fraction of sp³-hybridized carbons (Fsp3) is 0.529. The van der Waals surface area contributed by atoms with Gasteiger partial charge >= 0.3 is 0 Å². The molecule has 124 valence electrons. The third-order valence-electron chi connectivity index (χ3n) is 3.91. The van der Waals surface area contributed by atoms with Crippen molar-refractivity contribution in [3.8, 4) is 10.4 Å². The van der Waals surface area contributed by atoms with Gasteiger partial charge in [-0.25, -0.2) is 4.98 Å². The second kappa shape index (κ2) is 6.55. The summed E-state index contributed by atoms with van der Waals surface area (Å²) in [6, 6.07) is 4.21. The number of pyridine rings is 1. The summed E-state index contributed by atoms with van der Waals surface area (Å²) in [6.07, 6.45) is 0.440. The molecule has 0 bridgehead atoms. The number of hydrogen-bond donors (Lipinski definition) is 1. The quantitative estimate of drug-likeness (QED) is 0.936. The molecule has 1 fully saturated rings. The molecule has 2 aromatic heterocycles. The van der Waals surface area contributed by atoms with Crippen LogP contribution in [0.5, 0.6) is 0 Å². The first-order valence-corrected chi connectivity index (χ1v) is 8.83. The largest absolute Gasteiger partial charge is 0.372 e. The van der Waals surface area contributed by atoms with Gasteiger partial charge in [0.25, 0.3) is 0 Å². The molecular weight excluding hydrogens is 308 g/mol. The minimum atomic E-state index is 0.220. The maximum atomic E-state index is 5.95. The molecule has 0 aromatic carbocycles. The topological polar surface area (TPSA) is 64.3 Å². The van der Waals surface area contributed by atoms with Gasteiger partial charge < -0.3 is 15.4 Å². The minimum absolute atomic E-state index is 0.220. The van der Waals surface area contributed by atoms with Crippen LogP contribution in [-0.4, -0.2) is 35.3 Å². The lowest BCUT2D eigenvalue weighted by atomic mass is 10.1.